The molecule has 0 saturated heterocycles. The second kappa shape index (κ2) is 3.09. The molecule has 1 aromatic heterocycles. The Morgan fingerprint density at radius 3 is 2.50 bits per heavy atom. The van der Waals surface area contributed by atoms with Crippen molar-refractivity contribution in [3.05, 3.63) is 12.7 Å². The van der Waals surface area contributed by atoms with E-state index in [4.69, 9.17) is 0 Å². The normalized spacial score (nSPS) is 6.67. The zero-order chi connectivity index (χ0) is 3.54. The van der Waals surface area contributed by atoms with Crippen molar-refractivity contribution in [3.63, 3.8) is 0 Å². The minimum Gasteiger partial charge on any atom is -0.266 e. The van der Waals surface area contributed by atoms with Gasteiger partial charge in [0.25, 0.3) is 0 Å². The summed E-state index contributed by atoms with van der Waals surface area (Å²) in [6, 6.07) is 0. The number of aromatic nitrogens is 3. The van der Waals surface area contributed by atoms with E-state index < -0.39 is 0 Å². The molecule has 1 heterocycles. The van der Waals surface area contributed by atoms with Gasteiger partial charge in [0.1, 0.15) is 12.7 Å². The quantitative estimate of drug-likeness (QED) is 0.557. The van der Waals surface area contributed by atoms with Crippen LogP contribution in [0, 0.1) is 0 Å². The van der Waals surface area contributed by atoms with E-state index in [1.807, 2.05) is 0 Å². The van der Waals surface area contributed by atoms with Crippen LogP contribution in [0.15, 0.2) is 12.7 Å². The molecule has 0 aromatic carbocycles. The first kappa shape index (κ1) is 5.88. The Morgan fingerprint density at radius 2 is 2.33 bits per heavy atom. The summed E-state index contributed by atoms with van der Waals surface area (Å²) in [6.07, 6.45) is 2.96. The Hall–Kier alpha value is -0.120. The molecule has 0 aliphatic rings. The number of rotatable bonds is 0. The van der Waals surface area contributed by atoms with Gasteiger partial charge in [-0.05, 0) is 0 Å². The van der Waals surface area contributed by atoms with Crippen molar-refractivity contribution in [1.82, 2.24) is 15.2 Å². The number of aromatic amines is 1. The summed E-state index contributed by atoms with van der Waals surface area (Å²) in [4.78, 5) is 3.56. The van der Waals surface area contributed by atoms with E-state index in [0.29, 0.717) is 0 Å². The van der Waals surface area contributed by atoms with E-state index in [1.54, 1.807) is 0 Å². The van der Waals surface area contributed by atoms with Crippen molar-refractivity contribution in [2.45, 2.75) is 0 Å². The number of H-pyrrole nitrogens is 1. The number of nitrogens with one attached hydrogen (secondary N) is 1. The molecular formula is C2H3AgN3. The van der Waals surface area contributed by atoms with Crippen LogP contribution in [0.3, 0.4) is 0 Å². The maximum Gasteiger partial charge on any atom is 0.137 e. The fourth-order valence-electron chi connectivity index (χ4n) is 0.167. The average Bonchev–Trinajstić information content (AvgIpc) is 1.76. The molecule has 3 nitrogen and oxygen atoms in total. The molecule has 1 aromatic rings. The van der Waals surface area contributed by atoms with Crippen LogP contribution in [0.5, 0.6) is 0 Å². The van der Waals surface area contributed by atoms with E-state index in [1.165, 1.54) is 12.7 Å². The zero-order valence-corrected chi connectivity index (χ0v) is 4.33. The van der Waals surface area contributed by atoms with Crippen LogP contribution in [-0.4, -0.2) is 15.2 Å². The maximum atomic E-state index is 3.56. The average molecular weight is 177 g/mol. The van der Waals surface area contributed by atoms with Gasteiger partial charge in [0.2, 0.25) is 0 Å². The van der Waals surface area contributed by atoms with Crippen LogP contribution in [0.1, 0.15) is 0 Å². The largest absolute Gasteiger partial charge is 0.266 e. The molecule has 4 heteroatoms. The third-order valence-electron chi connectivity index (χ3n) is 0.331. The van der Waals surface area contributed by atoms with Gasteiger partial charge in [-0.2, -0.15) is 5.10 Å². The van der Waals surface area contributed by atoms with Crippen molar-refractivity contribution in [3.8, 4) is 0 Å². The van der Waals surface area contributed by atoms with Gasteiger partial charge in [-0.3, -0.25) is 5.10 Å². The second-order valence-electron chi connectivity index (χ2n) is 0.652. The minimum absolute atomic E-state index is 0. The molecule has 1 N–H and O–H groups in total. The molecular weight excluding hydrogens is 174 g/mol. The SMILES string of the molecule is [Ag].c1nc[nH]n1. The Labute approximate surface area is 50.7 Å². The molecule has 0 saturated carbocycles. The first-order valence-corrected chi connectivity index (χ1v) is 1.29. The standard InChI is InChI=1S/C2H3N3.Ag/c1-3-2-5-4-1;/h1-2H,(H,3,4,5);. The Morgan fingerprint density at radius 1 is 1.50 bits per heavy atom. The third kappa shape index (κ3) is 1.35. The van der Waals surface area contributed by atoms with E-state index in [2.05, 4.69) is 15.2 Å². The molecule has 0 fully saturated rings. The Balaban J connectivity index is 0.000000250. The summed E-state index contributed by atoms with van der Waals surface area (Å²) >= 11 is 0. The molecule has 0 amide bonds. The van der Waals surface area contributed by atoms with Gasteiger partial charge in [0.05, 0.1) is 0 Å². The van der Waals surface area contributed by atoms with Gasteiger partial charge in [-0.15, -0.1) is 0 Å². The van der Waals surface area contributed by atoms with Crippen molar-refractivity contribution in [1.29, 1.82) is 0 Å². The van der Waals surface area contributed by atoms with Gasteiger partial charge in [0.15, 0.2) is 0 Å². The molecule has 1 rings (SSSR count). The Bertz CT molecular complexity index is 65.3. The molecule has 37 valence electrons. The molecule has 0 spiro atoms. The summed E-state index contributed by atoms with van der Waals surface area (Å²) in [5.74, 6) is 0. The number of nitrogens with zero attached hydrogens (tertiary/aromatic N) is 2. The zero-order valence-electron chi connectivity index (χ0n) is 2.85. The first-order chi connectivity index (χ1) is 2.50. The van der Waals surface area contributed by atoms with E-state index in [9.17, 15) is 0 Å². The minimum atomic E-state index is 0. The molecule has 0 bridgehead atoms. The van der Waals surface area contributed by atoms with Crippen molar-refractivity contribution in [2.75, 3.05) is 0 Å². The molecule has 1 radical (unpaired) electrons. The maximum absolute atomic E-state index is 3.56. The van der Waals surface area contributed by atoms with Crippen LogP contribution in [0.4, 0.5) is 0 Å². The smallest absolute Gasteiger partial charge is 0.137 e. The van der Waals surface area contributed by atoms with Crippen LogP contribution in [0.2, 0.25) is 0 Å². The summed E-state index contributed by atoms with van der Waals surface area (Å²) < 4.78 is 0. The third-order valence-corrected chi connectivity index (χ3v) is 0.331. The fourth-order valence-corrected chi connectivity index (χ4v) is 0.167. The van der Waals surface area contributed by atoms with Crippen molar-refractivity contribution >= 4 is 0 Å². The molecule has 0 atom stereocenters. The predicted molar refractivity (Wildman–Crippen MR) is 16.4 cm³/mol. The molecule has 6 heavy (non-hydrogen) atoms. The number of hydrogen-bond donors (Lipinski definition) is 1. The van der Waals surface area contributed by atoms with Crippen molar-refractivity contribution in [2.24, 2.45) is 0 Å². The van der Waals surface area contributed by atoms with E-state index in [0.717, 1.165) is 0 Å². The van der Waals surface area contributed by atoms with E-state index in [-0.39, 0.29) is 22.4 Å². The van der Waals surface area contributed by atoms with Crippen LogP contribution in [0.25, 0.3) is 0 Å². The van der Waals surface area contributed by atoms with Gasteiger partial charge in [0, 0.05) is 22.4 Å². The van der Waals surface area contributed by atoms with Crippen molar-refractivity contribution < 1.29 is 22.4 Å². The van der Waals surface area contributed by atoms with Crippen LogP contribution < -0.4 is 0 Å². The molecule has 0 aliphatic heterocycles. The van der Waals surface area contributed by atoms with Gasteiger partial charge >= 0.3 is 0 Å². The first-order valence-electron chi connectivity index (χ1n) is 1.29. The summed E-state index contributed by atoms with van der Waals surface area (Å²) in [7, 11) is 0. The van der Waals surface area contributed by atoms with Gasteiger partial charge in [-0.25, -0.2) is 4.98 Å². The van der Waals surface area contributed by atoms with Gasteiger partial charge < -0.3 is 0 Å². The van der Waals surface area contributed by atoms with Crippen LogP contribution >= 0.6 is 0 Å². The molecule has 0 unspecified atom stereocenters. The topological polar surface area (TPSA) is 41.6 Å². The second-order valence-corrected chi connectivity index (χ2v) is 0.652. The Kier molecular flexibility index (Phi) is 3.02. The summed E-state index contributed by atoms with van der Waals surface area (Å²) in [5.41, 5.74) is 0. The monoisotopic (exact) mass is 176 g/mol. The predicted octanol–water partition coefficient (Wildman–Crippen LogP) is -0.198. The van der Waals surface area contributed by atoms with E-state index >= 15 is 0 Å². The number of hydrogen-bond acceptors (Lipinski definition) is 2. The molecule has 0 aliphatic carbocycles. The van der Waals surface area contributed by atoms with Gasteiger partial charge in [-0.1, -0.05) is 0 Å². The summed E-state index contributed by atoms with van der Waals surface area (Å²) in [5, 5.41) is 5.99. The van der Waals surface area contributed by atoms with Crippen LogP contribution in [-0.2, 0) is 22.4 Å². The summed E-state index contributed by atoms with van der Waals surface area (Å²) in [6.45, 7) is 0. The fraction of sp³-hybridized carbons (Fsp3) is 0.